The minimum atomic E-state index is 1.32. The molecule has 0 bridgehead atoms. The summed E-state index contributed by atoms with van der Waals surface area (Å²) in [7, 11) is 0. The van der Waals surface area contributed by atoms with Crippen LogP contribution in [0.2, 0.25) is 0 Å². The van der Waals surface area contributed by atoms with Crippen LogP contribution >= 0.6 is 136 Å². The Morgan fingerprint density at radius 3 is 0.808 bits per heavy atom. The molecule has 4 rings (SSSR count). The van der Waals surface area contributed by atoms with Gasteiger partial charge in [0.05, 0.1) is 11.5 Å². The van der Waals surface area contributed by atoms with E-state index < -0.39 is 0 Å². The molecule has 0 radical (unpaired) electrons. The summed E-state index contributed by atoms with van der Waals surface area (Å²) >= 11 is 17.2. The van der Waals surface area contributed by atoms with Crippen LogP contribution in [0.25, 0.3) is 11.1 Å². The zero-order chi connectivity index (χ0) is 18.3. The summed E-state index contributed by atoms with van der Waals surface area (Å²) in [5.41, 5.74) is 2.73. The van der Waals surface area contributed by atoms with Crippen LogP contribution in [0.3, 0.4) is 0 Å². The van der Waals surface area contributed by atoms with Gasteiger partial charge in [0, 0.05) is 30.7 Å². The van der Waals surface area contributed by atoms with E-state index >= 15 is 0 Å². The molecule has 4 aromatic rings. The number of halogens is 4. The maximum absolute atomic E-state index is 2.42. The van der Waals surface area contributed by atoms with Crippen LogP contribution in [-0.4, -0.2) is 0 Å². The summed E-state index contributed by atoms with van der Waals surface area (Å²) in [6, 6.07) is 17.9. The van der Waals surface area contributed by atoms with Crippen LogP contribution in [0.1, 0.15) is 19.5 Å². The molecule has 0 N–H and O–H groups in total. The van der Waals surface area contributed by atoms with Crippen molar-refractivity contribution in [1.29, 1.82) is 0 Å². The standard InChI is InChI=1S/C18H8I4S4/c19-13-5-1-9(23-13)17(10-2-6-14(20)24-10)18(11-3-7-15(21)25-11)12-4-8-16(22)26-12/h1-8H. The lowest BCUT2D eigenvalue weighted by atomic mass is 10.0. The van der Waals surface area contributed by atoms with Crippen LogP contribution in [-0.2, 0) is 0 Å². The van der Waals surface area contributed by atoms with Crippen LogP contribution < -0.4 is 0 Å². The molecular formula is C18H8I4S4. The van der Waals surface area contributed by atoms with Crippen molar-refractivity contribution in [3.05, 3.63) is 79.6 Å². The van der Waals surface area contributed by atoms with Crippen molar-refractivity contribution >= 4 is 147 Å². The molecule has 0 aliphatic heterocycles. The van der Waals surface area contributed by atoms with Crippen molar-refractivity contribution < 1.29 is 0 Å². The topological polar surface area (TPSA) is 0 Å². The molecule has 132 valence electrons. The van der Waals surface area contributed by atoms with Crippen molar-refractivity contribution in [2.24, 2.45) is 0 Å². The van der Waals surface area contributed by atoms with Gasteiger partial charge >= 0.3 is 0 Å². The third kappa shape index (κ3) is 4.61. The van der Waals surface area contributed by atoms with Gasteiger partial charge in [-0.05, 0) is 139 Å². The van der Waals surface area contributed by atoms with Crippen molar-refractivity contribution in [3.8, 4) is 0 Å². The second kappa shape index (κ2) is 9.08. The van der Waals surface area contributed by atoms with E-state index in [0.29, 0.717) is 0 Å². The van der Waals surface area contributed by atoms with E-state index in [0.717, 1.165) is 0 Å². The minimum Gasteiger partial charge on any atom is -0.129 e. The van der Waals surface area contributed by atoms with E-state index in [-0.39, 0.29) is 0 Å². The monoisotopic (exact) mass is 860 g/mol. The summed E-state index contributed by atoms with van der Waals surface area (Å²) in [5.74, 6) is 0. The molecule has 4 heterocycles. The normalized spacial score (nSPS) is 11.1. The van der Waals surface area contributed by atoms with E-state index in [9.17, 15) is 0 Å². The fourth-order valence-electron chi connectivity index (χ4n) is 2.53. The average Bonchev–Trinajstić information content (AvgIpc) is 3.36. The minimum absolute atomic E-state index is 1.32. The Kier molecular flexibility index (Phi) is 7.24. The van der Waals surface area contributed by atoms with E-state index in [1.165, 1.54) is 42.2 Å². The second-order valence-electron chi connectivity index (χ2n) is 5.17. The molecule has 0 aliphatic rings. The maximum Gasteiger partial charge on any atom is 0.0660 e. The van der Waals surface area contributed by atoms with E-state index in [1.807, 2.05) is 45.3 Å². The molecule has 0 aliphatic carbocycles. The highest BCUT2D eigenvalue weighted by molar-refractivity contribution is 14.1. The molecular weight excluding hydrogens is 852 g/mol. The van der Waals surface area contributed by atoms with E-state index in [1.54, 1.807) is 0 Å². The van der Waals surface area contributed by atoms with Gasteiger partial charge in [-0.1, -0.05) is 0 Å². The van der Waals surface area contributed by atoms with Gasteiger partial charge in [0.25, 0.3) is 0 Å². The third-order valence-electron chi connectivity index (χ3n) is 3.53. The fourth-order valence-corrected chi connectivity index (χ4v) is 9.41. The average molecular weight is 860 g/mol. The Morgan fingerprint density at radius 1 is 0.423 bits per heavy atom. The summed E-state index contributed by atoms with van der Waals surface area (Å²) in [4.78, 5) is 5.37. The number of thiophene rings is 4. The number of rotatable bonds is 4. The molecule has 4 aromatic heterocycles. The SMILES string of the molecule is Ic1ccc(C(=C(c2ccc(I)s2)c2ccc(I)s2)c2ccc(I)s2)s1. The molecule has 0 unspecified atom stereocenters. The van der Waals surface area contributed by atoms with Gasteiger partial charge in [-0.2, -0.15) is 0 Å². The van der Waals surface area contributed by atoms with E-state index in [4.69, 9.17) is 0 Å². The lowest BCUT2D eigenvalue weighted by molar-refractivity contribution is 1.73. The first-order chi connectivity index (χ1) is 12.5. The summed E-state index contributed by atoms with van der Waals surface area (Å²) in [6.45, 7) is 0. The Labute approximate surface area is 222 Å². The first-order valence-corrected chi connectivity index (χ1v) is 14.9. The fraction of sp³-hybridized carbons (Fsp3) is 0. The van der Waals surface area contributed by atoms with Crippen molar-refractivity contribution in [2.75, 3.05) is 0 Å². The maximum atomic E-state index is 2.42. The quantitative estimate of drug-likeness (QED) is 0.180. The van der Waals surface area contributed by atoms with Crippen LogP contribution in [0.4, 0.5) is 0 Å². The van der Waals surface area contributed by atoms with Crippen molar-refractivity contribution in [2.45, 2.75) is 0 Å². The zero-order valence-electron chi connectivity index (χ0n) is 12.8. The molecule has 0 amide bonds. The largest absolute Gasteiger partial charge is 0.129 e. The van der Waals surface area contributed by atoms with Gasteiger partial charge in [-0.3, -0.25) is 0 Å². The first kappa shape index (κ1) is 20.7. The molecule has 0 fully saturated rings. The molecule has 0 aromatic carbocycles. The summed E-state index contributed by atoms with van der Waals surface area (Å²) < 4.78 is 5.29. The van der Waals surface area contributed by atoms with Gasteiger partial charge in [0.2, 0.25) is 0 Å². The lowest BCUT2D eigenvalue weighted by Gasteiger charge is -2.11. The lowest BCUT2D eigenvalue weighted by Crippen LogP contribution is -1.90. The number of hydrogen-bond acceptors (Lipinski definition) is 4. The highest BCUT2D eigenvalue weighted by Gasteiger charge is 2.21. The van der Waals surface area contributed by atoms with Gasteiger partial charge in [-0.25, -0.2) is 0 Å². The molecule has 0 saturated carbocycles. The third-order valence-corrected chi connectivity index (χ3v) is 11.2. The first-order valence-electron chi connectivity index (χ1n) is 7.28. The predicted octanol–water partition coefficient (Wildman–Crippen LogP) is 9.36. The molecule has 0 saturated heterocycles. The van der Waals surface area contributed by atoms with Gasteiger partial charge < -0.3 is 0 Å². The molecule has 8 heteroatoms. The Bertz CT molecular complexity index is 925. The van der Waals surface area contributed by atoms with Crippen LogP contribution in [0.5, 0.6) is 0 Å². The van der Waals surface area contributed by atoms with Gasteiger partial charge in [0.15, 0.2) is 0 Å². The van der Waals surface area contributed by atoms with E-state index in [2.05, 4.69) is 139 Å². The highest BCUT2D eigenvalue weighted by Crippen LogP contribution is 2.45. The Morgan fingerprint density at radius 2 is 0.654 bits per heavy atom. The van der Waals surface area contributed by atoms with Gasteiger partial charge in [-0.15, -0.1) is 45.3 Å². The van der Waals surface area contributed by atoms with Crippen molar-refractivity contribution in [1.82, 2.24) is 0 Å². The summed E-state index contributed by atoms with van der Waals surface area (Å²) in [5, 5.41) is 0. The molecule has 26 heavy (non-hydrogen) atoms. The molecule has 0 spiro atoms. The number of hydrogen-bond donors (Lipinski definition) is 0. The molecule has 0 atom stereocenters. The molecule has 0 nitrogen and oxygen atoms in total. The Balaban J connectivity index is 2.07. The van der Waals surface area contributed by atoms with Gasteiger partial charge in [0.1, 0.15) is 0 Å². The zero-order valence-corrected chi connectivity index (χ0v) is 24.7. The summed E-state index contributed by atoms with van der Waals surface area (Å²) in [6.07, 6.45) is 0. The van der Waals surface area contributed by atoms with Crippen molar-refractivity contribution in [3.63, 3.8) is 0 Å². The highest BCUT2D eigenvalue weighted by atomic mass is 127. The Hall–Kier alpha value is 1.46. The second-order valence-corrected chi connectivity index (χ2v) is 17.1. The van der Waals surface area contributed by atoms with Crippen LogP contribution in [0.15, 0.2) is 48.5 Å². The predicted molar refractivity (Wildman–Crippen MR) is 153 cm³/mol. The smallest absolute Gasteiger partial charge is 0.0660 e. The van der Waals surface area contributed by atoms with Crippen LogP contribution in [0, 0.1) is 11.5 Å².